The number of hydrogen-bond acceptors (Lipinski definition) is 5. The van der Waals surface area contributed by atoms with Crippen LogP contribution in [-0.4, -0.2) is 55.3 Å². The van der Waals surface area contributed by atoms with Crippen LogP contribution in [-0.2, 0) is 11.3 Å². The van der Waals surface area contributed by atoms with Gasteiger partial charge in [-0.2, -0.15) is 0 Å². The third kappa shape index (κ3) is 3.96. The summed E-state index contributed by atoms with van der Waals surface area (Å²) in [5.74, 6) is 0.454. The van der Waals surface area contributed by atoms with Crippen molar-refractivity contribution >= 4 is 11.8 Å². The van der Waals surface area contributed by atoms with Crippen LogP contribution in [0.5, 0.6) is 5.75 Å². The van der Waals surface area contributed by atoms with Gasteiger partial charge in [-0.05, 0) is 29.3 Å². The van der Waals surface area contributed by atoms with Crippen LogP contribution in [0.4, 0.5) is 5.82 Å². The molecule has 2 heterocycles. The van der Waals surface area contributed by atoms with Gasteiger partial charge in [0.2, 0.25) is 0 Å². The minimum Gasteiger partial charge on any atom is -0.497 e. The van der Waals surface area contributed by atoms with Gasteiger partial charge < -0.3 is 14.7 Å². The van der Waals surface area contributed by atoms with Gasteiger partial charge in [-0.3, -0.25) is 9.69 Å². The van der Waals surface area contributed by atoms with E-state index in [-0.39, 0.29) is 5.92 Å². The molecule has 138 valence electrons. The minimum atomic E-state index is -0.749. The number of carbonyl (C=O) groups is 1. The first kappa shape index (κ1) is 18.2. The fourth-order valence-corrected chi connectivity index (χ4v) is 3.51. The average molecular weight is 355 g/mol. The molecule has 6 nitrogen and oxygen atoms in total. The van der Waals surface area contributed by atoms with Gasteiger partial charge in [0.25, 0.3) is 0 Å². The molecule has 0 saturated carbocycles. The van der Waals surface area contributed by atoms with Crippen molar-refractivity contribution < 1.29 is 14.6 Å². The van der Waals surface area contributed by atoms with Crippen LogP contribution in [0.3, 0.4) is 0 Å². The molecule has 3 rings (SSSR count). The molecule has 1 aromatic carbocycles. The molecule has 26 heavy (non-hydrogen) atoms. The number of carboxylic acids is 1. The number of rotatable bonds is 6. The first-order valence-corrected chi connectivity index (χ1v) is 8.69. The number of benzene rings is 1. The van der Waals surface area contributed by atoms with Gasteiger partial charge in [0.05, 0.1) is 13.0 Å². The van der Waals surface area contributed by atoms with Gasteiger partial charge in [0.1, 0.15) is 11.6 Å². The molecule has 0 spiro atoms. The SMILES string of the molecule is COc1cccc([C@@H]2CN(Cc3ccc(N(C)C)nc3)C[C@H]2C(=O)O)c1. The molecule has 0 amide bonds. The van der Waals surface area contributed by atoms with Gasteiger partial charge in [-0.15, -0.1) is 0 Å². The van der Waals surface area contributed by atoms with E-state index in [2.05, 4.69) is 16.0 Å². The highest BCUT2D eigenvalue weighted by atomic mass is 16.5. The molecule has 6 heteroatoms. The Morgan fingerprint density at radius 3 is 2.73 bits per heavy atom. The van der Waals surface area contributed by atoms with Crippen molar-refractivity contribution in [2.45, 2.75) is 12.5 Å². The van der Waals surface area contributed by atoms with Gasteiger partial charge in [-0.25, -0.2) is 4.98 Å². The van der Waals surface area contributed by atoms with Crippen molar-refractivity contribution in [2.75, 3.05) is 39.2 Å². The Morgan fingerprint density at radius 1 is 1.31 bits per heavy atom. The van der Waals surface area contributed by atoms with E-state index in [1.807, 2.05) is 55.5 Å². The van der Waals surface area contributed by atoms with Gasteiger partial charge >= 0.3 is 5.97 Å². The fraction of sp³-hybridized carbons (Fsp3) is 0.400. The zero-order chi connectivity index (χ0) is 18.7. The monoisotopic (exact) mass is 355 g/mol. The second-order valence-corrected chi connectivity index (χ2v) is 6.94. The van der Waals surface area contributed by atoms with Crippen LogP contribution in [0, 0.1) is 5.92 Å². The van der Waals surface area contributed by atoms with Crippen LogP contribution in [0.15, 0.2) is 42.6 Å². The predicted octanol–water partition coefficient (Wildman–Crippen LogP) is 2.46. The third-order valence-electron chi connectivity index (χ3n) is 4.91. The third-order valence-corrected chi connectivity index (χ3v) is 4.91. The molecule has 0 radical (unpaired) electrons. The summed E-state index contributed by atoms with van der Waals surface area (Å²) in [4.78, 5) is 20.4. The van der Waals surface area contributed by atoms with Crippen molar-refractivity contribution in [1.29, 1.82) is 0 Å². The molecule has 0 aliphatic carbocycles. The quantitative estimate of drug-likeness (QED) is 0.859. The smallest absolute Gasteiger partial charge is 0.308 e. The molecule has 2 atom stereocenters. The number of nitrogens with zero attached hydrogens (tertiary/aromatic N) is 3. The number of pyridine rings is 1. The molecule has 1 N–H and O–H groups in total. The Bertz CT molecular complexity index is 761. The van der Waals surface area contributed by atoms with E-state index in [4.69, 9.17) is 4.74 Å². The molecule has 2 aromatic rings. The zero-order valence-corrected chi connectivity index (χ0v) is 15.4. The van der Waals surface area contributed by atoms with Crippen LogP contribution in [0.1, 0.15) is 17.0 Å². The summed E-state index contributed by atoms with van der Waals surface area (Å²) < 4.78 is 5.29. The maximum absolute atomic E-state index is 11.8. The molecular formula is C20H25N3O3. The second kappa shape index (κ2) is 7.74. The fourth-order valence-electron chi connectivity index (χ4n) is 3.51. The summed E-state index contributed by atoms with van der Waals surface area (Å²) in [6.45, 7) is 1.94. The lowest BCUT2D eigenvalue weighted by molar-refractivity contribution is -0.141. The number of hydrogen-bond donors (Lipinski definition) is 1. The van der Waals surface area contributed by atoms with E-state index in [0.717, 1.165) is 22.7 Å². The van der Waals surface area contributed by atoms with E-state index in [0.29, 0.717) is 19.6 Å². The maximum Gasteiger partial charge on any atom is 0.308 e. The van der Waals surface area contributed by atoms with Gasteiger partial charge in [0.15, 0.2) is 0 Å². The van der Waals surface area contributed by atoms with E-state index < -0.39 is 11.9 Å². The first-order chi connectivity index (χ1) is 12.5. The van der Waals surface area contributed by atoms with Crippen molar-refractivity contribution in [2.24, 2.45) is 5.92 Å². The minimum absolute atomic E-state index is 0.0448. The maximum atomic E-state index is 11.8. The van der Waals surface area contributed by atoms with Crippen molar-refractivity contribution in [3.05, 3.63) is 53.7 Å². The van der Waals surface area contributed by atoms with Crippen LogP contribution in [0.2, 0.25) is 0 Å². The summed E-state index contributed by atoms with van der Waals surface area (Å²) >= 11 is 0. The average Bonchev–Trinajstić information content (AvgIpc) is 3.06. The Labute approximate surface area is 154 Å². The largest absolute Gasteiger partial charge is 0.497 e. The summed E-state index contributed by atoms with van der Waals surface area (Å²) in [5, 5.41) is 9.68. The number of carboxylic acid groups (broad SMARTS) is 1. The molecule has 1 saturated heterocycles. The molecular weight excluding hydrogens is 330 g/mol. The van der Waals surface area contributed by atoms with E-state index in [1.165, 1.54) is 0 Å². The number of aliphatic carboxylic acids is 1. The number of likely N-dealkylation sites (tertiary alicyclic amines) is 1. The lowest BCUT2D eigenvalue weighted by Crippen LogP contribution is -2.23. The first-order valence-electron chi connectivity index (χ1n) is 8.69. The topological polar surface area (TPSA) is 65.9 Å². The second-order valence-electron chi connectivity index (χ2n) is 6.94. The number of anilines is 1. The molecule has 0 unspecified atom stereocenters. The van der Waals surface area contributed by atoms with E-state index in [1.54, 1.807) is 7.11 Å². The van der Waals surface area contributed by atoms with Gasteiger partial charge in [-0.1, -0.05) is 18.2 Å². The highest BCUT2D eigenvalue weighted by Crippen LogP contribution is 2.35. The lowest BCUT2D eigenvalue weighted by Gasteiger charge is -2.17. The molecule has 1 fully saturated rings. The van der Waals surface area contributed by atoms with Gasteiger partial charge in [0, 0.05) is 45.8 Å². The van der Waals surface area contributed by atoms with Crippen molar-refractivity contribution in [3.63, 3.8) is 0 Å². The normalized spacial score (nSPS) is 20.1. The molecule has 1 aliphatic heterocycles. The lowest BCUT2D eigenvalue weighted by atomic mass is 9.89. The van der Waals surface area contributed by atoms with Crippen molar-refractivity contribution in [3.8, 4) is 5.75 Å². The van der Waals surface area contributed by atoms with E-state index in [9.17, 15) is 9.90 Å². The highest BCUT2D eigenvalue weighted by molar-refractivity contribution is 5.72. The predicted molar refractivity (Wildman–Crippen MR) is 101 cm³/mol. The standard InChI is InChI=1S/C20H25N3O3/c1-22(2)19-8-7-14(10-21-19)11-23-12-17(18(13-23)20(24)25)15-5-4-6-16(9-15)26-3/h4-10,17-18H,11-13H2,1-3H3,(H,24,25)/t17-,18+/m0/s1. The Kier molecular flexibility index (Phi) is 5.42. The summed E-state index contributed by atoms with van der Waals surface area (Å²) in [5.41, 5.74) is 2.10. The molecule has 0 bridgehead atoms. The van der Waals surface area contributed by atoms with E-state index >= 15 is 0 Å². The zero-order valence-electron chi connectivity index (χ0n) is 15.4. The van der Waals surface area contributed by atoms with Crippen molar-refractivity contribution in [1.82, 2.24) is 9.88 Å². The Balaban J connectivity index is 1.75. The number of aromatic nitrogens is 1. The molecule has 1 aromatic heterocycles. The number of ether oxygens (including phenoxy) is 1. The Hall–Kier alpha value is -2.60. The van der Waals surface area contributed by atoms with Crippen LogP contribution < -0.4 is 9.64 Å². The Morgan fingerprint density at radius 2 is 2.12 bits per heavy atom. The number of methoxy groups -OCH3 is 1. The highest BCUT2D eigenvalue weighted by Gasteiger charge is 2.38. The van der Waals surface area contributed by atoms with Crippen LogP contribution in [0.25, 0.3) is 0 Å². The van der Waals surface area contributed by atoms with Crippen LogP contribution >= 0.6 is 0 Å². The summed E-state index contributed by atoms with van der Waals surface area (Å²) in [7, 11) is 5.54. The summed E-state index contributed by atoms with van der Waals surface area (Å²) in [6.07, 6.45) is 1.87. The summed E-state index contributed by atoms with van der Waals surface area (Å²) in [6, 6.07) is 11.8. The molecule has 1 aliphatic rings.